The van der Waals surface area contributed by atoms with E-state index in [1.807, 2.05) is 0 Å². The lowest BCUT2D eigenvalue weighted by atomic mass is 10.2. The van der Waals surface area contributed by atoms with E-state index in [2.05, 4.69) is 10.5 Å². The summed E-state index contributed by atoms with van der Waals surface area (Å²) < 4.78 is 35.3. The second-order valence-corrected chi connectivity index (χ2v) is 7.97. The van der Waals surface area contributed by atoms with Crippen LogP contribution in [0, 0.1) is 0 Å². The van der Waals surface area contributed by atoms with Gasteiger partial charge >= 0.3 is 0 Å². The second kappa shape index (κ2) is 9.43. The first-order chi connectivity index (χ1) is 13.2. The quantitative estimate of drug-likeness (QED) is 0.517. The molecule has 0 aliphatic heterocycles. The molecular formula is C18H20ClN3O5S. The maximum absolute atomic E-state index is 12.2. The van der Waals surface area contributed by atoms with Crippen LogP contribution in [0.15, 0.2) is 47.6 Å². The van der Waals surface area contributed by atoms with Gasteiger partial charge in [-0.05, 0) is 48.0 Å². The number of ether oxygens (including phenoxy) is 2. The van der Waals surface area contributed by atoms with Gasteiger partial charge in [0.15, 0.2) is 0 Å². The minimum absolute atomic E-state index is 0.228. The van der Waals surface area contributed by atoms with E-state index in [1.165, 1.54) is 31.5 Å². The number of hydrogen-bond acceptors (Lipinski definition) is 6. The molecule has 0 bridgehead atoms. The zero-order valence-corrected chi connectivity index (χ0v) is 17.1. The van der Waals surface area contributed by atoms with Crippen molar-refractivity contribution in [2.24, 2.45) is 5.10 Å². The molecule has 2 aromatic rings. The van der Waals surface area contributed by atoms with Gasteiger partial charge in [0.05, 0.1) is 37.4 Å². The molecule has 0 heterocycles. The molecule has 2 aromatic carbocycles. The second-order valence-electron chi connectivity index (χ2n) is 5.65. The molecule has 2 rings (SSSR count). The third-order valence-electron chi connectivity index (χ3n) is 3.63. The monoisotopic (exact) mass is 425 g/mol. The molecule has 1 N–H and O–H groups in total. The van der Waals surface area contributed by atoms with Gasteiger partial charge in [-0.3, -0.25) is 9.10 Å². The van der Waals surface area contributed by atoms with Crippen molar-refractivity contribution in [1.82, 2.24) is 5.43 Å². The average molecular weight is 426 g/mol. The molecule has 10 heteroatoms. The predicted octanol–water partition coefficient (Wildman–Crippen LogP) is 2.27. The Kier molecular flexibility index (Phi) is 7.24. The summed E-state index contributed by atoms with van der Waals surface area (Å²) in [6, 6.07) is 11.5. The van der Waals surface area contributed by atoms with Crippen molar-refractivity contribution in [2.75, 3.05) is 31.3 Å². The number of nitrogens with zero attached hydrogens (tertiary/aromatic N) is 2. The van der Waals surface area contributed by atoms with Crippen LogP contribution in [0.25, 0.3) is 0 Å². The summed E-state index contributed by atoms with van der Waals surface area (Å²) in [6.45, 7) is -0.457. The fourth-order valence-electron chi connectivity index (χ4n) is 2.25. The van der Waals surface area contributed by atoms with Crippen LogP contribution >= 0.6 is 11.6 Å². The summed E-state index contributed by atoms with van der Waals surface area (Å²) in [6.07, 6.45) is 2.44. The van der Waals surface area contributed by atoms with Gasteiger partial charge in [-0.15, -0.1) is 0 Å². The highest BCUT2D eigenvalue weighted by Crippen LogP contribution is 2.30. The van der Waals surface area contributed by atoms with E-state index in [0.29, 0.717) is 11.5 Å². The number of carbonyl (C=O) groups excluding carboxylic acids is 1. The Morgan fingerprint density at radius 2 is 1.86 bits per heavy atom. The van der Waals surface area contributed by atoms with Gasteiger partial charge in [0.2, 0.25) is 10.0 Å². The lowest BCUT2D eigenvalue weighted by Gasteiger charge is -2.21. The van der Waals surface area contributed by atoms with Crippen LogP contribution in [0.2, 0.25) is 5.02 Å². The third kappa shape index (κ3) is 5.86. The number of rotatable bonds is 8. The molecule has 0 radical (unpaired) electrons. The zero-order valence-electron chi connectivity index (χ0n) is 15.5. The lowest BCUT2D eigenvalue weighted by molar-refractivity contribution is -0.119. The Hall–Kier alpha value is -2.78. The molecule has 0 aromatic heterocycles. The van der Waals surface area contributed by atoms with Crippen molar-refractivity contribution < 1.29 is 22.7 Å². The molecule has 0 fully saturated rings. The van der Waals surface area contributed by atoms with Crippen LogP contribution in [0.1, 0.15) is 5.56 Å². The summed E-state index contributed by atoms with van der Waals surface area (Å²) in [4.78, 5) is 12.2. The number of methoxy groups -OCH3 is 2. The van der Waals surface area contributed by atoms with Crippen LogP contribution in [-0.2, 0) is 14.8 Å². The Bertz CT molecular complexity index is 962. The van der Waals surface area contributed by atoms with Crippen LogP contribution in [-0.4, -0.2) is 47.6 Å². The molecular weight excluding hydrogens is 406 g/mol. The third-order valence-corrected chi connectivity index (χ3v) is 5.07. The van der Waals surface area contributed by atoms with Crippen molar-refractivity contribution in [1.29, 1.82) is 0 Å². The molecule has 0 aliphatic rings. The first-order valence-electron chi connectivity index (χ1n) is 8.02. The molecule has 0 aliphatic carbocycles. The normalized spacial score (nSPS) is 11.3. The summed E-state index contributed by atoms with van der Waals surface area (Å²) in [5.74, 6) is 0.484. The molecule has 8 nitrogen and oxygen atoms in total. The zero-order chi connectivity index (χ0) is 20.7. The van der Waals surface area contributed by atoms with E-state index in [1.54, 1.807) is 31.4 Å². The topological polar surface area (TPSA) is 97.3 Å². The molecule has 1 amide bonds. The number of hydrogen-bond donors (Lipinski definition) is 1. The fourth-order valence-corrected chi connectivity index (χ4v) is 3.35. The van der Waals surface area contributed by atoms with Crippen LogP contribution in [0.3, 0.4) is 0 Å². The number of amides is 1. The lowest BCUT2D eigenvalue weighted by Crippen LogP contribution is -2.39. The molecule has 0 atom stereocenters. The molecule has 0 spiro atoms. The number of hydrazone groups is 1. The van der Waals surface area contributed by atoms with Crippen LogP contribution < -0.4 is 19.2 Å². The van der Waals surface area contributed by atoms with E-state index >= 15 is 0 Å². The van der Waals surface area contributed by atoms with E-state index in [9.17, 15) is 13.2 Å². The first kappa shape index (κ1) is 21.5. The number of anilines is 1. The number of sulfonamides is 1. The number of carbonyl (C=O) groups is 1. The van der Waals surface area contributed by atoms with Crippen molar-refractivity contribution in [2.45, 2.75) is 0 Å². The number of benzene rings is 2. The molecule has 28 heavy (non-hydrogen) atoms. The van der Waals surface area contributed by atoms with E-state index in [-0.39, 0.29) is 10.7 Å². The summed E-state index contributed by atoms with van der Waals surface area (Å²) in [5, 5.41) is 4.07. The molecule has 0 unspecified atom stereocenters. The van der Waals surface area contributed by atoms with Crippen molar-refractivity contribution >= 4 is 39.4 Å². The minimum Gasteiger partial charge on any atom is -0.497 e. The van der Waals surface area contributed by atoms with Gasteiger partial charge in [0.25, 0.3) is 5.91 Å². The van der Waals surface area contributed by atoms with Gasteiger partial charge in [0, 0.05) is 0 Å². The van der Waals surface area contributed by atoms with Gasteiger partial charge in [-0.2, -0.15) is 5.10 Å². The Morgan fingerprint density at radius 1 is 1.18 bits per heavy atom. The highest BCUT2D eigenvalue weighted by atomic mass is 35.5. The molecule has 0 saturated heterocycles. The van der Waals surface area contributed by atoms with Crippen LogP contribution in [0.5, 0.6) is 11.5 Å². The SMILES string of the molecule is COc1ccc(/C=N\NC(=O)CN(c2ccc(OC)c(Cl)c2)S(C)(=O)=O)cc1. The van der Waals surface area contributed by atoms with Crippen molar-refractivity contribution in [3.63, 3.8) is 0 Å². The first-order valence-corrected chi connectivity index (χ1v) is 10.2. The predicted molar refractivity (Wildman–Crippen MR) is 109 cm³/mol. The van der Waals surface area contributed by atoms with Gasteiger partial charge < -0.3 is 9.47 Å². The van der Waals surface area contributed by atoms with Crippen LogP contribution in [0.4, 0.5) is 5.69 Å². The highest BCUT2D eigenvalue weighted by molar-refractivity contribution is 7.92. The van der Waals surface area contributed by atoms with Gasteiger partial charge in [0.1, 0.15) is 18.0 Å². The number of halogens is 1. The Balaban J connectivity index is 2.08. The standard InChI is InChI=1S/C18H20ClN3O5S/c1-26-15-7-4-13(5-8-15)11-20-21-18(23)12-22(28(3,24)25)14-6-9-17(27-2)16(19)10-14/h4-11H,12H2,1-3H3,(H,21,23)/b20-11-. The van der Waals surface area contributed by atoms with E-state index in [4.69, 9.17) is 21.1 Å². The smallest absolute Gasteiger partial charge is 0.260 e. The van der Waals surface area contributed by atoms with Crippen molar-refractivity contribution in [3.05, 3.63) is 53.1 Å². The summed E-state index contributed by atoms with van der Waals surface area (Å²) >= 11 is 6.05. The highest BCUT2D eigenvalue weighted by Gasteiger charge is 2.21. The maximum Gasteiger partial charge on any atom is 0.260 e. The van der Waals surface area contributed by atoms with Gasteiger partial charge in [-0.1, -0.05) is 11.6 Å². The Labute approximate surface area is 168 Å². The maximum atomic E-state index is 12.2. The minimum atomic E-state index is -3.73. The fraction of sp³-hybridized carbons (Fsp3) is 0.222. The number of nitrogens with one attached hydrogen (secondary N) is 1. The van der Waals surface area contributed by atoms with Gasteiger partial charge in [-0.25, -0.2) is 13.8 Å². The van der Waals surface area contributed by atoms with E-state index < -0.39 is 22.5 Å². The average Bonchev–Trinajstić information content (AvgIpc) is 2.65. The molecule has 0 saturated carbocycles. The van der Waals surface area contributed by atoms with Crippen molar-refractivity contribution in [3.8, 4) is 11.5 Å². The largest absolute Gasteiger partial charge is 0.497 e. The summed E-state index contributed by atoms with van der Waals surface area (Å²) in [5.41, 5.74) is 3.28. The molecule has 150 valence electrons. The van der Waals surface area contributed by atoms with E-state index in [0.717, 1.165) is 16.1 Å². The Morgan fingerprint density at radius 3 is 2.39 bits per heavy atom. The summed E-state index contributed by atoms with van der Waals surface area (Å²) in [7, 11) is -0.717.